The van der Waals surface area contributed by atoms with Crippen LogP contribution in [0.1, 0.15) is 62.6 Å². The summed E-state index contributed by atoms with van der Waals surface area (Å²) in [6, 6.07) is 52.1. The van der Waals surface area contributed by atoms with Crippen molar-refractivity contribution in [1.29, 1.82) is 0 Å². The van der Waals surface area contributed by atoms with Gasteiger partial charge in [-0.3, -0.25) is 9.59 Å². The fraction of sp³-hybridized carbons (Fsp3) is 0.222. The summed E-state index contributed by atoms with van der Waals surface area (Å²) in [6.07, 6.45) is -5.54. The van der Waals surface area contributed by atoms with Crippen molar-refractivity contribution in [2.45, 2.75) is 74.1 Å². The maximum atomic E-state index is 17.0. The van der Waals surface area contributed by atoms with E-state index in [1.807, 2.05) is 30.3 Å². The Morgan fingerprint density at radius 1 is 0.647 bits per heavy atom. The molecule has 6 aromatic carbocycles. The average molecular weight is 950 g/mol. The van der Waals surface area contributed by atoms with E-state index in [1.54, 1.807) is 146 Å². The highest BCUT2D eigenvalue weighted by atomic mass is 31.2. The molecule has 0 bridgehead atoms. The van der Waals surface area contributed by atoms with Gasteiger partial charge in [0.15, 0.2) is 16.8 Å². The molecule has 0 spiro atoms. The molecule has 2 heterocycles. The third kappa shape index (κ3) is 9.80. The molecule has 8 rings (SSSR count). The summed E-state index contributed by atoms with van der Waals surface area (Å²) in [5.74, 6) is -4.22. The molecular weight excluding hydrogens is 897 g/mol. The van der Waals surface area contributed by atoms with E-state index in [0.29, 0.717) is 22.3 Å². The second-order valence-corrected chi connectivity index (χ2v) is 23.4. The van der Waals surface area contributed by atoms with Crippen molar-refractivity contribution >= 4 is 31.8 Å². The lowest BCUT2D eigenvalue weighted by Gasteiger charge is -2.46. The van der Waals surface area contributed by atoms with Gasteiger partial charge in [0.05, 0.1) is 5.69 Å². The molecule has 5 atom stereocenters. The van der Waals surface area contributed by atoms with Gasteiger partial charge < -0.3 is 39.2 Å². The van der Waals surface area contributed by atoms with Gasteiger partial charge in [-0.05, 0) is 34.7 Å². The molecule has 14 heteroatoms. The number of aromatic nitrogens is 2. The standard InChI is InChI=1S/C54H53N3O9P2/c1-38-51(65-33-40-21-9-3-10-22-40)57-50(56-39(2)58)46(55-38)48-53(61,47(59)45-31-19-8-20-32-45)54(62,68(64,36-43-27-15-6-16-28-43)37-44-29-17-7-18-30-44)49(66-48)52(60)67(63,34-41-23-11-4-12-24-41)35-42-25-13-5-14-26-42/h3-32,48-49,52,60-62H,33-37H2,1-2H3,(H,56,57,58)/t48-,49+,52?,53-,54-/m0/s1. The van der Waals surface area contributed by atoms with Gasteiger partial charge in [0, 0.05) is 37.1 Å². The van der Waals surface area contributed by atoms with Crippen molar-refractivity contribution in [2.24, 2.45) is 0 Å². The fourth-order valence-electron chi connectivity index (χ4n) is 9.08. The monoisotopic (exact) mass is 949 g/mol. The van der Waals surface area contributed by atoms with Gasteiger partial charge in [-0.2, -0.15) is 4.98 Å². The lowest BCUT2D eigenvalue weighted by atomic mass is 9.81. The van der Waals surface area contributed by atoms with Crippen LogP contribution in [-0.2, 0) is 49.9 Å². The summed E-state index contributed by atoms with van der Waals surface area (Å²) >= 11 is 0. The smallest absolute Gasteiger partial charge is 0.237 e. The Balaban J connectivity index is 1.41. The van der Waals surface area contributed by atoms with Gasteiger partial charge >= 0.3 is 0 Å². The number of anilines is 1. The van der Waals surface area contributed by atoms with Crippen molar-refractivity contribution < 1.29 is 43.5 Å². The number of benzene rings is 6. The lowest BCUT2D eigenvalue weighted by Crippen LogP contribution is -2.63. The van der Waals surface area contributed by atoms with Crippen LogP contribution in [0, 0.1) is 6.92 Å². The molecule has 1 unspecified atom stereocenters. The predicted octanol–water partition coefficient (Wildman–Crippen LogP) is 9.91. The average Bonchev–Trinajstić information content (AvgIpc) is 3.60. The molecule has 1 aliphatic heterocycles. The number of ketones is 1. The molecule has 1 aromatic heterocycles. The number of ether oxygens (including phenoxy) is 2. The minimum absolute atomic E-state index is 0.00169. The molecule has 12 nitrogen and oxygen atoms in total. The normalized spacial score (nSPS) is 19.8. The number of aliphatic hydroxyl groups excluding tert-OH is 1. The van der Waals surface area contributed by atoms with E-state index in [9.17, 15) is 20.1 Å². The quantitative estimate of drug-likeness (QED) is 0.0474. The second kappa shape index (κ2) is 20.5. The zero-order valence-corrected chi connectivity index (χ0v) is 39.5. The van der Waals surface area contributed by atoms with E-state index >= 15 is 13.9 Å². The number of Topliss-reactive ketones (excluding diaryl/α,β-unsaturated/α-hetero) is 1. The SMILES string of the molecule is CC(=O)Nc1nc(OCc2ccccc2)c(C)nc1[C@@H]1O[C@H](C(O)P(=O)(Cc2ccccc2)Cc2ccccc2)[C@](O)(P(=O)(Cc2ccccc2)Cc2ccccc2)[C@]1(O)C(=O)c1ccccc1. The first kappa shape index (κ1) is 48.1. The first-order valence-corrected chi connectivity index (χ1v) is 26.5. The van der Waals surface area contributed by atoms with Crippen LogP contribution in [-0.4, -0.2) is 59.9 Å². The number of aryl methyl sites for hydroxylation is 1. The van der Waals surface area contributed by atoms with Crippen LogP contribution in [0.25, 0.3) is 0 Å². The Hall–Kier alpha value is -6.36. The molecule has 1 saturated heterocycles. The third-order valence-corrected chi connectivity index (χ3v) is 19.0. The summed E-state index contributed by atoms with van der Waals surface area (Å²) < 4.78 is 46.1. The van der Waals surface area contributed by atoms with Crippen LogP contribution in [0.5, 0.6) is 5.88 Å². The van der Waals surface area contributed by atoms with Crippen LogP contribution in [0.2, 0.25) is 0 Å². The molecule has 1 aliphatic rings. The van der Waals surface area contributed by atoms with Gasteiger partial charge in [-0.25, -0.2) is 4.98 Å². The van der Waals surface area contributed by atoms with Gasteiger partial charge in [0.2, 0.25) is 17.6 Å². The minimum atomic E-state index is -4.71. The van der Waals surface area contributed by atoms with Crippen LogP contribution in [0.15, 0.2) is 182 Å². The van der Waals surface area contributed by atoms with Crippen molar-refractivity contribution in [1.82, 2.24) is 9.97 Å². The zero-order chi connectivity index (χ0) is 47.9. The first-order chi connectivity index (χ1) is 32.7. The van der Waals surface area contributed by atoms with Crippen LogP contribution in [0.3, 0.4) is 0 Å². The Morgan fingerprint density at radius 2 is 1.06 bits per heavy atom. The molecular formula is C54H53N3O9P2. The summed E-state index contributed by atoms with van der Waals surface area (Å²) in [6.45, 7) is 2.87. The van der Waals surface area contributed by atoms with E-state index in [-0.39, 0.29) is 47.6 Å². The highest BCUT2D eigenvalue weighted by Gasteiger charge is 2.78. The van der Waals surface area contributed by atoms with Crippen molar-refractivity contribution in [3.63, 3.8) is 0 Å². The molecule has 7 aromatic rings. The van der Waals surface area contributed by atoms with Gasteiger partial charge in [-0.1, -0.05) is 182 Å². The predicted molar refractivity (Wildman–Crippen MR) is 262 cm³/mol. The van der Waals surface area contributed by atoms with E-state index < -0.39 is 67.3 Å². The van der Waals surface area contributed by atoms with Crippen LogP contribution < -0.4 is 10.1 Å². The number of rotatable bonds is 18. The number of amides is 1. The Bertz CT molecular complexity index is 2850. The van der Waals surface area contributed by atoms with E-state index in [1.165, 1.54) is 19.1 Å². The van der Waals surface area contributed by atoms with Crippen molar-refractivity contribution in [2.75, 3.05) is 5.32 Å². The zero-order valence-electron chi connectivity index (χ0n) is 37.7. The summed E-state index contributed by atoms with van der Waals surface area (Å²) in [7, 11) is -8.89. The molecule has 0 saturated carbocycles. The molecule has 1 fully saturated rings. The molecule has 348 valence electrons. The molecule has 68 heavy (non-hydrogen) atoms. The number of carbonyl (C=O) groups excluding carboxylic acids is 2. The number of carbonyl (C=O) groups is 2. The molecule has 4 N–H and O–H groups in total. The van der Waals surface area contributed by atoms with Crippen molar-refractivity contribution in [3.8, 4) is 5.88 Å². The summed E-state index contributed by atoms with van der Waals surface area (Å²) in [5.41, 5.74) is -0.629. The van der Waals surface area contributed by atoms with E-state index in [0.717, 1.165) is 5.56 Å². The van der Waals surface area contributed by atoms with Crippen LogP contribution >= 0.6 is 14.3 Å². The van der Waals surface area contributed by atoms with Crippen molar-refractivity contribution in [3.05, 3.63) is 227 Å². The lowest BCUT2D eigenvalue weighted by molar-refractivity contribution is -0.114. The third-order valence-electron chi connectivity index (χ3n) is 12.3. The molecule has 1 amide bonds. The molecule has 0 radical (unpaired) electrons. The van der Waals surface area contributed by atoms with Gasteiger partial charge in [0.1, 0.15) is 44.6 Å². The number of nitrogens with zero attached hydrogens (tertiary/aromatic N) is 2. The Morgan fingerprint density at radius 3 is 1.50 bits per heavy atom. The highest BCUT2D eigenvalue weighted by molar-refractivity contribution is 7.64. The topological polar surface area (TPSA) is 185 Å². The summed E-state index contributed by atoms with van der Waals surface area (Å²) in [5, 5.41) is 41.1. The Labute approximate surface area is 395 Å². The molecule has 0 aliphatic carbocycles. The number of hydrogen-bond acceptors (Lipinski definition) is 11. The number of nitrogens with one attached hydrogen (secondary N) is 1. The fourth-order valence-corrected chi connectivity index (χ4v) is 15.8. The highest BCUT2D eigenvalue weighted by Crippen LogP contribution is 2.75. The number of aliphatic hydroxyl groups is 3. The largest absolute Gasteiger partial charge is 0.471 e. The van der Waals surface area contributed by atoms with Crippen LogP contribution in [0.4, 0.5) is 5.82 Å². The van der Waals surface area contributed by atoms with E-state index in [4.69, 9.17) is 14.5 Å². The van der Waals surface area contributed by atoms with Gasteiger partial charge in [-0.15, -0.1) is 0 Å². The summed E-state index contributed by atoms with van der Waals surface area (Å²) in [4.78, 5) is 38.3. The Kier molecular flexibility index (Phi) is 14.5. The minimum Gasteiger partial charge on any atom is -0.471 e. The maximum Gasteiger partial charge on any atom is 0.237 e. The number of hydrogen-bond donors (Lipinski definition) is 4. The maximum absolute atomic E-state index is 17.0. The van der Waals surface area contributed by atoms with E-state index in [2.05, 4.69) is 10.3 Å². The van der Waals surface area contributed by atoms with Gasteiger partial charge in [0.25, 0.3) is 0 Å². The first-order valence-electron chi connectivity index (χ1n) is 22.3. The second-order valence-electron chi connectivity index (χ2n) is 17.3.